The number of halogens is 4. The number of benzene rings is 1. The summed E-state index contributed by atoms with van der Waals surface area (Å²) < 4.78 is 53.2. The number of hydrogen-bond donors (Lipinski definition) is 2. The maximum absolute atomic E-state index is 13.4. The Balaban J connectivity index is 1.96. The van der Waals surface area contributed by atoms with E-state index in [9.17, 15) is 22.7 Å². The number of nitrogens with one attached hydrogen (secondary N) is 1. The molecule has 1 aromatic rings. The Morgan fingerprint density at radius 3 is 2.58 bits per heavy atom. The smallest absolute Gasteiger partial charge is 0.406 e. The van der Waals surface area contributed by atoms with E-state index in [1.165, 1.54) is 0 Å². The Labute approximate surface area is 107 Å². The first-order chi connectivity index (χ1) is 8.77. The van der Waals surface area contributed by atoms with Gasteiger partial charge in [0, 0.05) is 18.7 Å². The van der Waals surface area contributed by atoms with Crippen LogP contribution in [0.4, 0.5) is 17.6 Å². The molecule has 1 aliphatic rings. The highest BCUT2D eigenvalue weighted by Gasteiger charge is 2.39. The van der Waals surface area contributed by atoms with Crippen LogP contribution in [-0.4, -0.2) is 23.6 Å². The first-order valence-electron chi connectivity index (χ1n) is 5.75. The maximum Gasteiger partial charge on any atom is 0.573 e. The Morgan fingerprint density at radius 1 is 1.32 bits per heavy atom. The van der Waals surface area contributed by atoms with Crippen LogP contribution >= 0.6 is 0 Å². The highest BCUT2D eigenvalue weighted by atomic mass is 19.4. The molecule has 0 radical (unpaired) electrons. The average molecular weight is 279 g/mol. The van der Waals surface area contributed by atoms with Gasteiger partial charge in [0.05, 0.1) is 5.60 Å². The first kappa shape index (κ1) is 14.1. The van der Waals surface area contributed by atoms with E-state index in [2.05, 4.69) is 10.1 Å². The van der Waals surface area contributed by atoms with Crippen molar-refractivity contribution in [2.24, 2.45) is 0 Å². The molecule has 2 N–H and O–H groups in total. The zero-order chi connectivity index (χ0) is 14.1. The van der Waals surface area contributed by atoms with Crippen molar-refractivity contribution in [3.63, 3.8) is 0 Å². The molecule has 1 fully saturated rings. The number of aliphatic hydroxyl groups is 1. The van der Waals surface area contributed by atoms with Crippen LogP contribution in [0.1, 0.15) is 18.4 Å². The fourth-order valence-corrected chi connectivity index (χ4v) is 1.63. The lowest BCUT2D eigenvalue weighted by Gasteiger charge is -2.12. The molecule has 1 aromatic carbocycles. The molecule has 106 valence electrons. The molecule has 0 heterocycles. The van der Waals surface area contributed by atoms with Gasteiger partial charge in [0.2, 0.25) is 0 Å². The largest absolute Gasteiger partial charge is 0.573 e. The zero-order valence-electron chi connectivity index (χ0n) is 9.93. The van der Waals surface area contributed by atoms with Gasteiger partial charge in [-0.25, -0.2) is 4.39 Å². The Bertz CT molecular complexity index is 458. The molecule has 19 heavy (non-hydrogen) atoms. The van der Waals surface area contributed by atoms with Crippen LogP contribution in [0.15, 0.2) is 18.2 Å². The van der Waals surface area contributed by atoms with Crippen LogP contribution in [0.2, 0.25) is 0 Å². The van der Waals surface area contributed by atoms with Crippen molar-refractivity contribution in [2.45, 2.75) is 31.3 Å². The summed E-state index contributed by atoms with van der Waals surface area (Å²) in [6, 6.07) is 2.83. The fourth-order valence-electron chi connectivity index (χ4n) is 1.63. The molecule has 0 saturated heterocycles. The summed E-state index contributed by atoms with van der Waals surface area (Å²) in [5.41, 5.74) is -0.678. The first-order valence-corrected chi connectivity index (χ1v) is 5.75. The highest BCUT2D eigenvalue weighted by molar-refractivity contribution is 5.30. The molecule has 1 saturated carbocycles. The van der Waals surface area contributed by atoms with E-state index in [0.29, 0.717) is 12.8 Å². The van der Waals surface area contributed by atoms with E-state index in [-0.39, 0.29) is 18.7 Å². The van der Waals surface area contributed by atoms with Crippen molar-refractivity contribution in [3.8, 4) is 5.75 Å². The Hall–Kier alpha value is -1.34. The SMILES string of the molecule is OC1(CNCc2cc(OC(F)(F)F)ccc2F)CC1. The van der Waals surface area contributed by atoms with Crippen molar-refractivity contribution in [1.82, 2.24) is 5.32 Å². The monoisotopic (exact) mass is 279 g/mol. The summed E-state index contributed by atoms with van der Waals surface area (Å²) in [6.45, 7) is 0.319. The van der Waals surface area contributed by atoms with E-state index < -0.39 is 23.5 Å². The molecule has 0 unspecified atom stereocenters. The molecule has 0 atom stereocenters. The fraction of sp³-hybridized carbons (Fsp3) is 0.500. The second-order valence-electron chi connectivity index (χ2n) is 4.63. The van der Waals surface area contributed by atoms with Gasteiger partial charge < -0.3 is 15.2 Å². The van der Waals surface area contributed by atoms with Gasteiger partial charge in [-0.2, -0.15) is 0 Å². The zero-order valence-corrected chi connectivity index (χ0v) is 9.93. The highest BCUT2D eigenvalue weighted by Crippen LogP contribution is 2.34. The topological polar surface area (TPSA) is 41.5 Å². The molecule has 0 aliphatic heterocycles. The number of alkyl halides is 3. The third-order valence-electron chi connectivity index (χ3n) is 2.85. The van der Waals surface area contributed by atoms with E-state index in [0.717, 1.165) is 18.2 Å². The molecule has 3 nitrogen and oxygen atoms in total. The Morgan fingerprint density at radius 2 is 2.00 bits per heavy atom. The predicted molar refractivity (Wildman–Crippen MR) is 59.0 cm³/mol. The number of hydrogen-bond acceptors (Lipinski definition) is 3. The van der Waals surface area contributed by atoms with E-state index in [1.807, 2.05) is 0 Å². The molecule has 1 aliphatic carbocycles. The standard InChI is InChI=1S/C12H13F4NO2/c13-10-2-1-9(19-12(14,15)16)5-8(10)6-17-7-11(18)3-4-11/h1-2,5,17-18H,3-4,6-7H2. The van der Waals surface area contributed by atoms with Crippen LogP contribution in [0.5, 0.6) is 5.75 Å². The third-order valence-corrected chi connectivity index (χ3v) is 2.85. The number of rotatable bonds is 5. The average Bonchev–Trinajstić information content (AvgIpc) is 2.99. The summed E-state index contributed by atoms with van der Waals surface area (Å²) in [6.07, 6.45) is -3.44. The van der Waals surface area contributed by atoms with E-state index in [1.54, 1.807) is 0 Å². The van der Waals surface area contributed by atoms with E-state index >= 15 is 0 Å². The van der Waals surface area contributed by atoms with Crippen LogP contribution in [-0.2, 0) is 6.54 Å². The minimum absolute atomic E-state index is 0.0310. The minimum Gasteiger partial charge on any atom is -0.406 e. The molecular formula is C12H13F4NO2. The normalized spacial score (nSPS) is 17.3. The summed E-state index contributed by atoms with van der Waals surface area (Å²) in [4.78, 5) is 0. The summed E-state index contributed by atoms with van der Waals surface area (Å²) in [5, 5.41) is 12.4. The van der Waals surface area contributed by atoms with E-state index in [4.69, 9.17) is 0 Å². The lowest BCUT2D eigenvalue weighted by molar-refractivity contribution is -0.274. The lowest BCUT2D eigenvalue weighted by atomic mass is 10.2. The van der Waals surface area contributed by atoms with Gasteiger partial charge in [0.15, 0.2) is 0 Å². The summed E-state index contributed by atoms with van der Waals surface area (Å²) in [7, 11) is 0. The van der Waals surface area contributed by atoms with Crippen LogP contribution in [0.25, 0.3) is 0 Å². The second kappa shape index (κ2) is 4.97. The molecule has 0 bridgehead atoms. The maximum atomic E-state index is 13.4. The van der Waals surface area contributed by atoms with Gasteiger partial charge in [-0.1, -0.05) is 0 Å². The van der Waals surface area contributed by atoms with Crippen LogP contribution in [0.3, 0.4) is 0 Å². The van der Waals surface area contributed by atoms with Crippen molar-refractivity contribution >= 4 is 0 Å². The molecule has 0 amide bonds. The number of ether oxygens (including phenoxy) is 1. The van der Waals surface area contributed by atoms with Crippen molar-refractivity contribution < 1.29 is 27.4 Å². The van der Waals surface area contributed by atoms with Gasteiger partial charge >= 0.3 is 6.36 Å². The van der Waals surface area contributed by atoms with Crippen molar-refractivity contribution in [1.29, 1.82) is 0 Å². The second-order valence-corrected chi connectivity index (χ2v) is 4.63. The van der Waals surface area contributed by atoms with Crippen molar-refractivity contribution in [3.05, 3.63) is 29.6 Å². The Kier molecular flexibility index (Phi) is 3.69. The molecular weight excluding hydrogens is 266 g/mol. The van der Waals surface area contributed by atoms with Gasteiger partial charge in [0.25, 0.3) is 0 Å². The lowest BCUT2D eigenvalue weighted by Crippen LogP contribution is -2.28. The summed E-state index contributed by atoms with van der Waals surface area (Å²) >= 11 is 0. The van der Waals surface area contributed by atoms with Crippen LogP contribution in [0, 0.1) is 5.82 Å². The molecule has 7 heteroatoms. The van der Waals surface area contributed by atoms with Gasteiger partial charge in [-0.3, -0.25) is 0 Å². The van der Waals surface area contributed by atoms with Gasteiger partial charge in [0.1, 0.15) is 11.6 Å². The third kappa shape index (κ3) is 4.36. The molecule has 2 rings (SSSR count). The van der Waals surface area contributed by atoms with Gasteiger partial charge in [-0.15, -0.1) is 13.2 Å². The predicted octanol–water partition coefficient (Wildman–Crippen LogP) is 2.34. The van der Waals surface area contributed by atoms with Gasteiger partial charge in [-0.05, 0) is 31.0 Å². The van der Waals surface area contributed by atoms with Crippen molar-refractivity contribution in [2.75, 3.05) is 6.54 Å². The quantitative estimate of drug-likeness (QED) is 0.813. The molecule has 0 aromatic heterocycles. The summed E-state index contributed by atoms with van der Waals surface area (Å²) in [5.74, 6) is -1.08. The minimum atomic E-state index is -4.80. The molecule has 0 spiro atoms. The van der Waals surface area contributed by atoms with Crippen LogP contribution < -0.4 is 10.1 Å².